The minimum absolute atomic E-state index is 0.0593. The third-order valence-corrected chi connectivity index (χ3v) is 8.14. The Balaban J connectivity index is 1.45. The number of hydrogen-bond acceptors (Lipinski definition) is 7. The lowest BCUT2D eigenvalue weighted by Gasteiger charge is -2.34. The molecule has 2 heterocycles. The van der Waals surface area contributed by atoms with E-state index in [-0.39, 0.29) is 30.5 Å². The molecule has 1 atom stereocenters. The van der Waals surface area contributed by atoms with E-state index >= 15 is 0 Å². The summed E-state index contributed by atoms with van der Waals surface area (Å²) >= 11 is 1.40. The summed E-state index contributed by atoms with van der Waals surface area (Å²) in [4.78, 5) is 62.8. The van der Waals surface area contributed by atoms with Crippen molar-refractivity contribution in [2.75, 3.05) is 35.8 Å². The van der Waals surface area contributed by atoms with Crippen molar-refractivity contribution in [3.8, 4) is 11.3 Å². The number of para-hydroxylation sites is 1. The van der Waals surface area contributed by atoms with Crippen LogP contribution >= 0.6 is 11.3 Å². The first-order chi connectivity index (χ1) is 20.6. The molecule has 0 saturated heterocycles. The van der Waals surface area contributed by atoms with Gasteiger partial charge in [0.2, 0.25) is 11.8 Å². The van der Waals surface area contributed by atoms with Gasteiger partial charge in [0.25, 0.3) is 11.7 Å². The van der Waals surface area contributed by atoms with Crippen LogP contribution in [0.25, 0.3) is 11.3 Å². The van der Waals surface area contributed by atoms with Crippen molar-refractivity contribution in [3.63, 3.8) is 0 Å². The van der Waals surface area contributed by atoms with Gasteiger partial charge in [0.1, 0.15) is 17.6 Å². The maximum atomic E-state index is 14.1. The van der Waals surface area contributed by atoms with E-state index in [0.717, 1.165) is 16.9 Å². The van der Waals surface area contributed by atoms with Gasteiger partial charge in [-0.2, -0.15) is 0 Å². The van der Waals surface area contributed by atoms with E-state index in [4.69, 9.17) is 4.98 Å². The van der Waals surface area contributed by atoms with Crippen LogP contribution in [0, 0.1) is 5.92 Å². The van der Waals surface area contributed by atoms with Crippen LogP contribution in [0.5, 0.6) is 0 Å². The molecule has 0 fully saturated rings. The Morgan fingerprint density at radius 2 is 1.60 bits per heavy atom. The zero-order chi connectivity index (χ0) is 30.7. The molecule has 1 aliphatic rings. The Labute approximate surface area is 254 Å². The Kier molecular flexibility index (Phi) is 8.68. The summed E-state index contributed by atoms with van der Waals surface area (Å²) in [7, 11) is 3.87. The first-order valence-electron chi connectivity index (χ1n) is 14.0. The minimum Gasteiger partial charge on any atom is -0.378 e. The van der Waals surface area contributed by atoms with E-state index in [9.17, 15) is 19.2 Å². The standard InChI is InChI=1S/C33H33N5O4S/c1-21(2)30(32(41)34-23-14-16-24(17-15-23)36(3)4)38(18-28-35-26(20-43-28)22-10-6-5-7-11-22)29(39)19-37-27-13-9-8-12-25(27)31(40)33(37)42/h5-17,20-21,30H,18-19H2,1-4H3,(H,34,41). The van der Waals surface area contributed by atoms with Gasteiger partial charge in [0, 0.05) is 36.4 Å². The molecular weight excluding hydrogens is 562 g/mol. The normalized spacial score (nSPS) is 13.2. The number of amides is 3. The van der Waals surface area contributed by atoms with Gasteiger partial charge in [-0.25, -0.2) is 4.98 Å². The van der Waals surface area contributed by atoms with Gasteiger partial charge in [-0.3, -0.25) is 24.1 Å². The highest BCUT2D eigenvalue weighted by atomic mass is 32.1. The minimum atomic E-state index is -0.881. The smallest absolute Gasteiger partial charge is 0.299 e. The van der Waals surface area contributed by atoms with Crippen LogP contribution in [0.1, 0.15) is 29.2 Å². The van der Waals surface area contributed by atoms with Gasteiger partial charge in [-0.15, -0.1) is 11.3 Å². The lowest BCUT2D eigenvalue weighted by Crippen LogP contribution is -2.53. The van der Waals surface area contributed by atoms with E-state index in [1.54, 1.807) is 24.3 Å². The quantitative estimate of drug-likeness (QED) is 0.256. The first-order valence-corrected chi connectivity index (χ1v) is 14.8. The van der Waals surface area contributed by atoms with Crippen molar-refractivity contribution in [1.29, 1.82) is 0 Å². The maximum absolute atomic E-state index is 14.1. The number of rotatable bonds is 10. The number of nitrogens with one attached hydrogen (secondary N) is 1. The fraction of sp³-hybridized carbons (Fsp3) is 0.242. The van der Waals surface area contributed by atoms with Crippen molar-refractivity contribution >= 4 is 51.9 Å². The van der Waals surface area contributed by atoms with Crippen molar-refractivity contribution < 1.29 is 19.2 Å². The van der Waals surface area contributed by atoms with E-state index in [2.05, 4.69) is 5.32 Å². The summed E-state index contributed by atoms with van der Waals surface area (Å²) in [6.45, 7) is 3.42. The third kappa shape index (κ3) is 6.34. The molecule has 3 aromatic carbocycles. The summed E-state index contributed by atoms with van der Waals surface area (Å²) in [5.41, 5.74) is 3.95. The molecule has 5 rings (SSSR count). The summed E-state index contributed by atoms with van der Waals surface area (Å²) < 4.78 is 0. The lowest BCUT2D eigenvalue weighted by molar-refractivity contribution is -0.140. The largest absolute Gasteiger partial charge is 0.378 e. The number of thiazole rings is 1. The molecule has 1 unspecified atom stereocenters. The van der Waals surface area contributed by atoms with Crippen LogP contribution < -0.4 is 15.1 Å². The van der Waals surface area contributed by atoms with Gasteiger partial charge in [0.15, 0.2) is 0 Å². The summed E-state index contributed by atoms with van der Waals surface area (Å²) in [5.74, 6) is -2.51. The predicted molar refractivity (Wildman–Crippen MR) is 169 cm³/mol. The number of carbonyl (C=O) groups excluding carboxylic acids is 4. The number of benzene rings is 3. The average Bonchev–Trinajstić information content (AvgIpc) is 3.56. The van der Waals surface area contributed by atoms with E-state index in [0.29, 0.717) is 16.4 Å². The highest BCUT2D eigenvalue weighted by Gasteiger charge is 2.40. The van der Waals surface area contributed by atoms with Crippen LogP contribution in [0.2, 0.25) is 0 Å². The van der Waals surface area contributed by atoms with Gasteiger partial charge in [-0.1, -0.05) is 56.3 Å². The highest BCUT2D eigenvalue weighted by molar-refractivity contribution is 7.09. The number of Topliss-reactive ketones (excluding diaryl/α,β-unsaturated/α-hetero) is 1. The topological polar surface area (TPSA) is 103 Å². The molecule has 9 nitrogen and oxygen atoms in total. The van der Waals surface area contributed by atoms with E-state index in [1.165, 1.54) is 21.1 Å². The Bertz CT molecular complexity index is 1650. The molecule has 0 bridgehead atoms. The Hall–Kier alpha value is -4.83. The zero-order valence-corrected chi connectivity index (χ0v) is 25.3. The number of aromatic nitrogens is 1. The van der Waals surface area contributed by atoms with Crippen LogP contribution in [-0.4, -0.2) is 60.1 Å². The number of hydrogen-bond donors (Lipinski definition) is 1. The fourth-order valence-corrected chi connectivity index (χ4v) is 5.91. The molecule has 0 spiro atoms. The molecule has 4 aromatic rings. The molecular formula is C33H33N5O4S. The number of nitrogens with zero attached hydrogens (tertiary/aromatic N) is 4. The second-order valence-corrected chi connectivity index (χ2v) is 11.8. The molecule has 43 heavy (non-hydrogen) atoms. The molecule has 1 aromatic heterocycles. The Morgan fingerprint density at radius 3 is 2.28 bits per heavy atom. The van der Waals surface area contributed by atoms with Gasteiger partial charge in [-0.05, 0) is 42.3 Å². The van der Waals surface area contributed by atoms with E-state index in [1.807, 2.05) is 92.8 Å². The number of anilines is 3. The average molecular weight is 596 g/mol. The fourth-order valence-electron chi connectivity index (χ4n) is 5.11. The molecule has 0 saturated carbocycles. The highest BCUT2D eigenvalue weighted by Crippen LogP contribution is 2.30. The van der Waals surface area contributed by atoms with Crippen LogP contribution in [-0.2, 0) is 20.9 Å². The molecule has 0 aliphatic carbocycles. The summed E-state index contributed by atoms with van der Waals surface area (Å²) in [5, 5.41) is 5.53. The summed E-state index contributed by atoms with van der Waals surface area (Å²) in [6, 6.07) is 22.9. The number of fused-ring (bicyclic) bond motifs is 1. The van der Waals surface area contributed by atoms with Crippen molar-refractivity contribution in [3.05, 3.63) is 94.8 Å². The number of carbonyl (C=O) groups is 4. The molecule has 1 N–H and O–H groups in total. The lowest BCUT2D eigenvalue weighted by atomic mass is 10.0. The van der Waals surface area contributed by atoms with Crippen LogP contribution in [0.3, 0.4) is 0 Å². The number of ketones is 1. The molecule has 220 valence electrons. The molecule has 10 heteroatoms. The van der Waals surface area contributed by atoms with Gasteiger partial charge >= 0.3 is 0 Å². The zero-order valence-electron chi connectivity index (χ0n) is 24.5. The SMILES string of the molecule is CC(C)C(C(=O)Nc1ccc(N(C)C)cc1)N(Cc1nc(-c2ccccc2)cs1)C(=O)CN1C(=O)C(=O)c2ccccc21. The van der Waals surface area contributed by atoms with Crippen LogP contribution in [0.4, 0.5) is 17.1 Å². The third-order valence-electron chi connectivity index (χ3n) is 7.31. The van der Waals surface area contributed by atoms with Gasteiger partial charge in [0.05, 0.1) is 23.5 Å². The Morgan fingerprint density at radius 1 is 0.930 bits per heavy atom. The monoisotopic (exact) mass is 595 g/mol. The van der Waals surface area contributed by atoms with Crippen molar-refractivity contribution in [1.82, 2.24) is 9.88 Å². The van der Waals surface area contributed by atoms with E-state index < -0.39 is 23.6 Å². The maximum Gasteiger partial charge on any atom is 0.299 e. The van der Waals surface area contributed by atoms with Crippen LogP contribution in [0.15, 0.2) is 84.2 Å². The summed E-state index contributed by atoms with van der Waals surface area (Å²) in [6.07, 6.45) is 0. The second-order valence-electron chi connectivity index (χ2n) is 10.9. The van der Waals surface area contributed by atoms with Crippen molar-refractivity contribution in [2.24, 2.45) is 5.92 Å². The predicted octanol–water partition coefficient (Wildman–Crippen LogP) is 5.10. The molecule has 1 aliphatic heterocycles. The molecule has 3 amide bonds. The second kappa shape index (κ2) is 12.6. The van der Waals surface area contributed by atoms with Gasteiger partial charge < -0.3 is 15.1 Å². The first kappa shape index (κ1) is 29.7. The molecule has 0 radical (unpaired) electrons. The van der Waals surface area contributed by atoms with Crippen molar-refractivity contribution in [2.45, 2.75) is 26.4 Å².